The van der Waals surface area contributed by atoms with E-state index in [1.807, 2.05) is 16.8 Å². The second kappa shape index (κ2) is 5.09. The smallest absolute Gasteiger partial charge is 0.210 e. The molecule has 0 saturated heterocycles. The van der Waals surface area contributed by atoms with Gasteiger partial charge >= 0.3 is 0 Å². The predicted molar refractivity (Wildman–Crippen MR) is 67.5 cm³/mol. The van der Waals surface area contributed by atoms with Gasteiger partial charge in [-0.05, 0) is 40.3 Å². The highest BCUT2D eigenvalue weighted by Gasteiger charge is 2.13. The van der Waals surface area contributed by atoms with Crippen molar-refractivity contribution in [1.82, 2.24) is 4.72 Å². The Morgan fingerprint density at radius 1 is 1.25 bits per heavy atom. The number of hydrogen-bond acceptors (Lipinski definition) is 4. The molecule has 0 fully saturated rings. The van der Waals surface area contributed by atoms with Crippen LogP contribution < -0.4 is 4.72 Å². The van der Waals surface area contributed by atoms with E-state index >= 15 is 0 Å². The van der Waals surface area contributed by atoms with Gasteiger partial charge in [-0.3, -0.25) is 0 Å². The third kappa shape index (κ3) is 2.91. The molecule has 0 atom stereocenters. The van der Waals surface area contributed by atoms with Crippen LogP contribution in [-0.2, 0) is 16.4 Å². The van der Waals surface area contributed by atoms with E-state index in [0.717, 1.165) is 6.42 Å². The van der Waals surface area contributed by atoms with Crippen molar-refractivity contribution in [2.24, 2.45) is 0 Å². The van der Waals surface area contributed by atoms with Crippen molar-refractivity contribution in [2.75, 3.05) is 6.54 Å². The molecule has 0 saturated carbocycles. The Labute approximate surface area is 103 Å². The zero-order valence-electron chi connectivity index (χ0n) is 8.42. The average Bonchev–Trinajstić information content (AvgIpc) is 2.90. The monoisotopic (exact) mass is 273 g/mol. The molecule has 0 unspecified atom stereocenters. The molecular formula is C10H11NO2S3. The first-order valence-electron chi connectivity index (χ1n) is 4.73. The van der Waals surface area contributed by atoms with E-state index in [4.69, 9.17) is 0 Å². The van der Waals surface area contributed by atoms with E-state index in [1.54, 1.807) is 28.8 Å². The van der Waals surface area contributed by atoms with E-state index in [9.17, 15) is 8.42 Å². The van der Waals surface area contributed by atoms with Gasteiger partial charge in [-0.25, -0.2) is 13.1 Å². The topological polar surface area (TPSA) is 46.2 Å². The maximum atomic E-state index is 11.7. The van der Waals surface area contributed by atoms with Crippen molar-refractivity contribution in [2.45, 2.75) is 10.6 Å². The molecule has 0 radical (unpaired) electrons. The molecule has 0 aromatic carbocycles. The van der Waals surface area contributed by atoms with E-state index in [1.165, 1.54) is 16.9 Å². The Hall–Kier alpha value is -0.690. The molecule has 0 aliphatic heterocycles. The molecule has 16 heavy (non-hydrogen) atoms. The maximum Gasteiger partial charge on any atom is 0.250 e. The lowest BCUT2D eigenvalue weighted by Crippen LogP contribution is -2.25. The van der Waals surface area contributed by atoms with Crippen LogP contribution in [0.25, 0.3) is 0 Å². The molecule has 0 aliphatic rings. The lowest BCUT2D eigenvalue weighted by Gasteiger charge is -2.03. The van der Waals surface area contributed by atoms with Crippen LogP contribution in [-0.4, -0.2) is 15.0 Å². The quantitative estimate of drug-likeness (QED) is 0.909. The van der Waals surface area contributed by atoms with Crippen LogP contribution in [0.4, 0.5) is 0 Å². The normalized spacial score (nSPS) is 11.8. The molecule has 0 spiro atoms. The molecule has 6 heteroatoms. The van der Waals surface area contributed by atoms with Crippen molar-refractivity contribution in [1.29, 1.82) is 0 Å². The Bertz CT molecular complexity index is 514. The maximum absolute atomic E-state index is 11.7. The van der Waals surface area contributed by atoms with Crippen molar-refractivity contribution in [3.63, 3.8) is 0 Å². The highest BCUT2D eigenvalue weighted by Crippen LogP contribution is 2.15. The van der Waals surface area contributed by atoms with Crippen LogP contribution >= 0.6 is 22.7 Å². The molecule has 2 rings (SSSR count). The molecule has 86 valence electrons. The van der Waals surface area contributed by atoms with E-state index in [-0.39, 0.29) is 0 Å². The van der Waals surface area contributed by atoms with Gasteiger partial charge in [0, 0.05) is 6.54 Å². The molecule has 0 aliphatic carbocycles. The summed E-state index contributed by atoms with van der Waals surface area (Å²) < 4.78 is 26.4. The number of sulfonamides is 1. The second-order valence-electron chi connectivity index (χ2n) is 3.21. The highest BCUT2D eigenvalue weighted by atomic mass is 32.2. The van der Waals surface area contributed by atoms with Crippen LogP contribution in [0.15, 0.2) is 38.5 Å². The van der Waals surface area contributed by atoms with Gasteiger partial charge in [0.1, 0.15) is 4.21 Å². The summed E-state index contributed by atoms with van der Waals surface area (Å²) in [6.07, 6.45) is 0.730. The Balaban J connectivity index is 1.91. The van der Waals surface area contributed by atoms with Gasteiger partial charge in [0.2, 0.25) is 10.0 Å². The molecule has 2 aromatic rings. The Morgan fingerprint density at radius 2 is 2.12 bits per heavy atom. The van der Waals surface area contributed by atoms with Gasteiger partial charge in [-0.15, -0.1) is 11.3 Å². The molecule has 0 amide bonds. The first-order chi connectivity index (χ1) is 7.68. The molecule has 0 bridgehead atoms. The standard InChI is InChI=1S/C10H11NO2S3/c12-16(13,10-2-1-6-15-10)11-5-3-9-4-7-14-8-9/h1-2,4,6-8,11H,3,5H2. The highest BCUT2D eigenvalue weighted by molar-refractivity contribution is 7.91. The van der Waals surface area contributed by atoms with E-state index in [2.05, 4.69) is 4.72 Å². The zero-order valence-corrected chi connectivity index (χ0v) is 10.9. The summed E-state index contributed by atoms with van der Waals surface area (Å²) in [5.41, 5.74) is 1.17. The fourth-order valence-electron chi connectivity index (χ4n) is 1.25. The first-order valence-corrected chi connectivity index (χ1v) is 8.03. The fraction of sp³-hybridized carbons (Fsp3) is 0.200. The molecule has 2 heterocycles. The Morgan fingerprint density at radius 3 is 2.75 bits per heavy atom. The van der Waals surface area contributed by atoms with Gasteiger partial charge in [-0.2, -0.15) is 11.3 Å². The van der Waals surface area contributed by atoms with Crippen molar-refractivity contribution >= 4 is 32.7 Å². The number of hydrogen-bond donors (Lipinski definition) is 1. The summed E-state index contributed by atoms with van der Waals surface area (Å²) in [5.74, 6) is 0. The minimum atomic E-state index is -3.30. The summed E-state index contributed by atoms with van der Waals surface area (Å²) in [5, 5.41) is 5.77. The summed E-state index contributed by atoms with van der Waals surface area (Å²) >= 11 is 2.85. The lowest BCUT2D eigenvalue weighted by molar-refractivity contribution is 0.584. The third-order valence-corrected chi connectivity index (χ3v) is 5.64. The summed E-state index contributed by atoms with van der Waals surface area (Å²) in [4.78, 5) is 0. The number of thiophene rings is 2. The van der Waals surface area contributed by atoms with Crippen LogP contribution in [0, 0.1) is 0 Å². The van der Waals surface area contributed by atoms with Crippen molar-refractivity contribution in [3.05, 3.63) is 39.9 Å². The van der Waals surface area contributed by atoms with Crippen LogP contribution in [0.1, 0.15) is 5.56 Å². The van der Waals surface area contributed by atoms with Gasteiger partial charge < -0.3 is 0 Å². The summed E-state index contributed by atoms with van der Waals surface area (Å²) in [6, 6.07) is 5.35. The largest absolute Gasteiger partial charge is 0.250 e. The molecule has 3 nitrogen and oxygen atoms in total. The summed E-state index contributed by atoms with van der Waals surface area (Å²) in [7, 11) is -3.30. The Kier molecular flexibility index (Phi) is 3.75. The number of nitrogens with one attached hydrogen (secondary N) is 1. The van der Waals surface area contributed by atoms with Gasteiger partial charge in [-0.1, -0.05) is 6.07 Å². The molecule has 1 N–H and O–H groups in total. The minimum Gasteiger partial charge on any atom is -0.210 e. The summed E-state index contributed by atoms with van der Waals surface area (Å²) in [6.45, 7) is 0.441. The van der Waals surface area contributed by atoms with Gasteiger partial charge in [0.25, 0.3) is 0 Å². The van der Waals surface area contributed by atoms with Crippen LogP contribution in [0.2, 0.25) is 0 Å². The van der Waals surface area contributed by atoms with E-state index in [0.29, 0.717) is 10.8 Å². The van der Waals surface area contributed by atoms with Crippen LogP contribution in [0.3, 0.4) is 0 Å². The lowest BCUT2D eigenvalue weighted by atomic mass is 10.2. The SMILES string of the molecule is O=S(=O)(NCCc1ccsc1)c1cccs1. The average molecular weight is 273 g/mol. The van der Waals surface area contributed by atoms with E-state index < -0.39 is 10.0 Å². The third-order valence-electron chi connectivity index (χ3n) is 2.05. The van der Waals surface area contributed by atoms with Crippen molar-refractivity contribution in [3.8, 4) is 0 Å². The van der Waals surface area contributed by atoms with Crippen LogP contribution in [0.5, 0.6) is 0 Å². The zero-order chi connectivity index (χ0) is 11.4. The second-order valence-corrected chi connectivity index (χ2v) is 6.93. The van der Waals surface area contributed by atoms with Gasteiger partial charge in [0.15, 0.2) is 0 Å². The minimum absolute atomic E-state index is 0.373. The predicted octanol–water partition coefficient (Wildman–Crippen LogP) is 2.33. The number of rotatable bonds is 5. The van der Waals surface area contributed by atoms with Gasteiger partial charge in [0.05, 0.1) is 0 Å². The molecular weight excluding hydrogens is 262 g/mol. The first kappa shape index (κ1) is 11.8. The van der Waals surface area contributed by atoms with Crippen molar-refractivity contribution < 1.29 is 8.42 Å². The molecule has 2 aromatic heterocycles. The fourth-order valence-corrected chi connectivity index (χ4v) is 4.02.